The molecule has 0 aromatic heterocycles. The highest BCUT2D eigenvalue weighted by atomic mass is 16.6. The molecule has 1 spiro atoms. The van der Waals surface area contributed by atoms with E-state index in [9.17, 15) is 0 Å². The third-order valence-electron chi connectivity index (χ3n) is 5.18. The summed E-state index contributed by atoms with van der Waals surface area (Å²) in [5.74, 6) is 0.398. The molecule has 19 heavy (non-hydrogen) atoms. The molecule has 1 aliphatic carbocycles. The van der Waals surface area contributed by atoms with Crippen LogP contribution >= 0.6 is 0 Å². The van der Waals surface area contributed by atoms with Crippen molar-refractivity contribution >= 4 is 0 Å². The molecule has 0 radical (unpaired) electrons. The second kappa shape index (κ2) is 4.57. The van der Waals surface area contributed by atoms with E-state index >= 15 is 0 Å². The average molecular weight is 266 g/mol. The molecule has 3 heteroatoms. The molecule has 2 saturated heterocycles. The fraction of sp³-hybridized carbons (Fsp3) is 0.875. The monoisotopic (exact) mass is 266 g/mol. The SMILES string of the molecule is CO[C@H]1CCC[C@]2(CO2)C1[C@@]1(C)O[C@@H]1CC=C(C)C. The zero-order chi connectivity index (χ0) is 13.7. The van der Waals surface area contributed by atoms with Crippen molar-refractivity contribution in [3.05, 3.63) is 11.6 Å². The molecule has 0 N–H and O–H groups in total. The number of epoxide rings is 2. The second-order valence-electron chi connectivity index (χ2n) is 6.81. The van der Waals surface area contributed by atoms with Gasteiger partial charge in [0, 0.05) is 13.0 Å². The molecule has 0 aromatic carbocycles. The Morgan fingerprint density at radius 3 is 2.74 bits per heavy atom. The Labute approximate surface area is 116 Å². The fourth-order valence-electron chi connectivity index (χ4n) is 4.00. The van der Waals surface area contributed by atoms with Crippen LogP contribution in [0, 0.1) is 5.92 Å². The van der Waals surface area contributed by atoms with Gasteiger partial charge in [-0.3, -0.25) is 0 Å². The van der Waals surface area contributed by atoms with Gasteiger partial charge in [-0.25, -0.2) is 0 Å². The minimum atomic E-state index is -0.0520. The van der Waals surface area contributed by atoms with E-state index in [0.29, 0.717) is 12.0 Å². The van der Waals surface area contributed by atoms with E-state index in [1.807, 2.05) is 7.11 Å². The van der Waals surface area contributed by atoms with Crippen molar-refractivity contribution in [1.82, 2.24) is 0 Å². The lowest BCUT2D eigenvalue weighted by Crippen LogP contribution is -2.48. The summed E-state index contributed by atoms with van der Waals surface area (Å²) in [4.78, 5) is 0. The van der Waals surface area contributed by atoms with Crippen molar-refractivity contribution in [1.29, 1.82) is 0 Å². The molecule has 3 rings (SSSR count). The summed E-state index contributed by atoms with van der Waals surface area (Å²) in [5, 5.41) is 0. The maximum Gasteiger partial charge on any atom is 0.100 e. The van der Waals surface area contributed by atoms with Crippen molar-refractivity contribution in [2.24, 2.45) is 5.92 Å². The van der Waals surface area contributed by atoms with Gasteiger partial charge in [-0.2, -0.15) is 0 Å². The zero-order valence-corrected chi connectivity index (χ0v) is 12.6. The van der Waals surface area contributed by atoms with Crippen molar-refractivity contribution < 1.29 is 14.2 Å². The van der Waals surface area contributed by atoms with Crippen molar-refractivity contribution in [3.8, 4) is 0 Å². The highest BCUT2D eigenvalue weighted by Crippen LogP contribution is 2.59. The Hall–Kier alpha value is -0.380. The van der Waals surface area contributed by atoms with Gasteiger partial charge in [0.2, 0.25) is 0 Å². The Morgan fingerprint density at radius 2 is 2.16 bits per heavy atom. The molecule has 1 saturated carbocycles. The number of hydrogen-bond acceptors (Lipinski definition) is 3. The van der Waals surface area contributed by atoms with Crippen LogP contribution in [0.5, 0.6) is 0 Å². The number of ether oxygens (including phenoxy) is 3. The quantitative estimate of drug-likeness (QED) is 0.579. The van der Waals surface area contributed by atoms with Crippen LogP contribution in [0.15, 0.2) is 11.6 Å². The summed E-state index contributed by atoms with van der Waals surface area (Å²) in [6.07, 6.45) is 7.45. The van der Waals surface area contributed by atoms with Crippen LogP contribution in [0.3, 0.4) is 0 Å². The molecule has 3 fully saturated rings. The van der Waals surface area contributed by atoms with E-state index in [-0.39, 0.29) is 17.3 Å². The molecular weight excluding hydrogens is 240 g/mol. The average Bonchev–Trinajstić information content (AvgIpc) is 3.26. The van der Waals surface area contributed by atoms with E-state index in [1.165, 1.54) is 18.4 Å². The van der Waals surface area contributed by atoms with Crippen molar-refractivity contribution in [2.75, 3.05) is 13.7 Å². The van der Waals surface area contributed by atoms with Gasteiger partial charge in [-0.15, -0.1) is 0 Å². The summed E-state index contributed by atoms with van der Waals surface area (Å²) in [5.41, 5.74) is 1.37. The van der Waals surface area contributed by atoms with Crippen LogP contribution in [-0.2, 0) is 14.2 Å². The second-order valence-corrected chi connectivity index (χ2v) is 6.81. The highest BCUT2D eigenvalue weighted by molar-refractivity contribution is 5.19. The van der Waals surface area contributed by atoms with Crippen LogP contribution in [0.1, 0.15) is 46.5 Å². The number of allylic oxidation sites excluding steroid dienone is 1. The van der Waals surface area contributed by atoms with Gasteiger partial charge in [0.1, 0.15) is 5.60 Å². The molecule has 3 nitrogen and oxygen atoms in total. The summed E-state index contributed by atoms with van der Waals surface area (Å²) < 4.78 is 17.7. The molecule has 108 valence electrons. The van der Waals surface area contributed by atoms with E-state index < -0.39 is 0 Å². The summed E-state index contributed by atoms with van der Waals surface area (Å²) in [6, 6.07) is 0. The minimum Gasteiger partial charge on any atom is -0.381 e. The van der Waals surface area contributed by atoms with E-state index in [2.05, 4.69) is 26.8 Å². The predicted molar refractivity (Wildman–Crippen MR) is 74.1 cm³/mol. The minimum absolute atomic E-state index is 0.0520. The number of rotatable bonds is 4. The molecular formula is C16H26O3. The molecule has 0 amide bonds. The maximum absolute atomic E-state index is 6.10. The third-order valence-corrected chi connectivity index (χ3v) is 5.18. The third kappa shape index (κ3) is 2.26. The zero-order valence-electron chi connectivity index (χ0n) is 12.6. The highest BCUT2D eigenvalue weighted by Gasteiger charge is 2.70. The predicted octanol–water partition coefficient (Wildman–Crippen LogP) is 3.08. The van der Waals surface area contributed by atoms with Crippen LogP contribution in [0.2, 0.25) is 0 Å². The van der Waals surface area contributed by atoms with E-state index in [1.54, 1.807) is 0 Å². The van der Waals surface area contributed by atoms with Gasteiger partial charge in [0.05, 0.1) is 24.4 Å². The van der Waals surface area contributed by atoms with Crippen molar-refractivity contribution in [2.45, 2.75) is 69.9 Å². The van der Waals surface area contributed by atoms with Gasteiger partial charge in [0.15, 0.2) is 0 Å². The summed E-state index contributed by atoms with van der Waals surface area (Å²) in [7, 11) is 1.83. The first-order chi connectivity index (χ1) is 9.02. The normalized spacial score (nSPS) is 48.1. The smallest absolute Gasteiger partial charge is 0.100 e. The lowest BCUT2D eigenvalue weighted by Gasteiger charge is -2.38. The molecule has 3 aliphatic rings. The van der Waals surface area contributed by atoms with Crippen LogP contribution in [0.25, 0.3) is 0 Å². The standard InChI is InChI=1S/C16H26O3/c1-11(2)7-8-13-15(3,19-13)14-12(17-4)6-5-9-16(14)10-18-16/h7,12-14H,5-6,8-10H2,1-4H3/t12-,13+,14?,15-,16-/m0/s1. The van der Waals surface area contributed by atoms with Gasteiger partial charge in [-0.05, 0) is 46.5 Å². The van der Waals surface area contributed by atoms with Crippen LogP contribution < -0.4 is 0 Å². The lowest BCUT2D eigenvalue weighted by molar-refractivity contribution is -0.0492. The largest absolute Gasteiger partial charge is 0.381 e. The number of hydrogen-bond donors (Lipinski definition) is 0. The first-order valence-corrected chi connectivity index (χ1v) is 7.50. The Kier molecular flexibility index (Phi) is 3.27. The molecule has 2 heterocycles. The first-order valence-electron chi connectivity index (χ1n) is 7.50. The van der Waals surface area contributed by atoms with E-state index in [4.69, 9.17) is 14.2 Å². The molecule has 2 aliphatic heterocycles. The molecule has 5 atom stereocenters. The van der Waals surface area contributed by atoms with Crippen molar-refractivity contribution in [3.63, 3.8) is 0 Å². The van der Waals surface area contributed by atoms with Gasteiger partial charge in [-0.1, -0.05) is 11.6 Å². The Bertz CT molecular complexity index is 381. The van der Waals surface area contributed by atoms with Crippen LogP contribution in [-0.4, -0.2) is 37.1 Å². The van der Waals surface area contributed by atoms with E-state index in [0.717, 1.165) is 19.4 Å². The first kappa shape index (κ1) is 13.6. The Balaban J connectivity index is 1.74. The Morgan fingerprint density at radius 1 is 1.42 bits per heavy atom. The number of methoxy groups -OCH3 is 1. The molecule has 0 aromatic rings. The van der Waals surface area contributed by atoms with Gasteiger partial charge in [0.25, 0.3) is 0 Å². The topological polar surface area (TPSA) is 34.3 Å². The van der Waals surface area contributed by atoms with Crippen LogP contribution in [0.4, 0.5) is 0 Å². The molecule has 0 bridgehead atoms. The summed E-state index contributed by atoms with van der Waals surface area (Å²) >= 11 is 0. The molecule has 1 unspecified atom stereocenters. The fourth-order valence-corrected chi connectivity index (χ4v) is 4.00. The lowest BCUT2D eigenvalue weighted by atomic mass is 9.69. The van der Waals surface area contributed by atoms with Gasteiger partial charge >= 0.3 is 0 Å². The maximum atomic E-state index is 6.10. The summed E-state index contributed by atoms with van der Waals surface area (Å²) in [6.45, 7) is 7.43. The van der Waals surface area contributed by atoms with Gasteiger partial charge < -0.3 is 14.2 Å².